The number of hydrogen-bond donors (Lipinski definition) is 2. The zero-order valence-corrected chi connectivity index (χ0v) is 13.1. The molecule has 1 aromatic rings. The summed E-state index contributed by atoms with van der Waals surface area (Å²) in [6.07, 6.45) is 5.17. The molecule has 1 saturated heterocycles. The number of hydrogen-bond acceptors (Lipinski definition) is 5. The minimum absolute atomic E-state index is 0.0811. The van der Waals surface area contributed by atoms with Crippen molar-refractivity contribution < 1.29 is 4.79 Å². The number of rotatable bonds is 6. The Morgan fingerprint density at radius 2 is 2.25 bits per heavy atom. The van der Waals surface area contributed by atoms with Gasteiger partial charge in [0.15, 0.2) is 5.13 Å². The van der Waals surface area contributed by atoms with Crippen molar-refractivity contribution >= 4 is 22.4 Å². The normalized spacial score (nSPS) is 17.1. The number of anilines is 1. The highest BCUT2D eigenvalue weighted by Crippen LogP contribution is 2.21. The first-order chi connectivity index (χ1) is 9.67. The fraction of sp³-hybridized carbons (Fsp3) is 0.714. The Kier molecular flexibility index (Phi) is 5.79. The summed E-state index contributed by atoms with van der Waals surface area (Å²) in [7, 11) is 0. The van der Waals surface area contributed by atoms with Crippen molar-refractivity contribution in [3.63, 3.8) is 0 Å². The molecule has 2 heterocycles. The van der Waals surface area contributed by atoms with E-state index in [1.807, 2.05) is 6.20 Å². The van der Waals surface area contributed by atoms with E-state index in [9.17, 15) is 4.79 Å². The molecule has 1 aromatic heterocycles. The van der Waals surface area contributed by atoms with Crippen LogP contribution >= 0.6 is 11.3 Å². The number of likely N-dealkylation sites (tertiary alicyclic amines) is 1. The third-order valence-electron chi connectivity index (χ3n) is 3.45. The van der Waals surface area contributed by atoms with E-state index in [0.717, 1.165) is 50.6 Å². The van der Waals surface area contributed by atoms with Crippen LogP contribution in [-0.4, -0.2) is 41.5 Å². The quantitative estimate of drug-likeness (QED) is 0.844. The average molecular weight is 296 g/mol. The van der Waals surface area contributed by atoms with Crippen molar-refractivity contribution in [3.05, 3.63) is 11.1 Å². The summed E-state index contributed by atoms with van der Waals surface area (Å²) in [5.74, 6) is 0.0811. The molecule has 0 unspecified atom stereocenters. The summed E-state index contributed by atoms with van der Waals surface area (Å²) < 4.78 is 0. The number of nitrogens with zero attached hydrogens (tertiary/aromatic N) is 2. The fourth-order valence-corrected chi connectivity index (χ4v) is 3.32. The van der Waals surface area contributed by atoms with Crippen molar-refractivity contribution in [3.8, 4) is 0 Å². The number of piperidine rings is 1. The molecule has 0 spiro atoms. The molecule has 2 rings (SSSR count). The first kappa shape index (κ1) is 15.3. The number of carbonyl (C=O) groups excluding carboxylic acids is 1. The maximum Gasteiger partial charge on any atom is 0.217 e. The van der Waals surface area contributed by atoms with E-state index in [0.29, 0.717) is 6.04 Å². The monoisotopic (exact) mass is 296 g/mol. The maximum atomic E-state index is 11.0. The molecule has 1 amide bonds. The molecular weight excluding hydrogens is 272 g/mol. The Hall–Kier alpha value is -1.14. The van der Waals surface area contributed by atoms with Gasteiger partial charge in [-0.15, -0.1) is 11.3 Å². The standard InChI is InChI=1S/C14H24N4OS/c1-3-6-15-14-16-9-13(20-14)10-18-7-4-12(5-8-18)17-11(2)19/h9,12H,3-8,10H2,1-2H3,(H,15,16)(H,17,19). The van der Waals surface area contributed by atoms with Crippen LogP contribution in [0.2, 0.25) is 0 Å². The third-order valence-corrected chi connectivity index (χ3v) is 4.39. The molecule has 0 radical (unpaired) electrons. The van der Waals surface area contributed by atoms with Gasteiger partial charge in [0.2, 0.25) is 5.91 Å². The number of thiazole rings is 1. The topological polar surface area (TPSA) is 57.3 Å². The summed E-state index contributed by atoms with van der Waals surface area (Å²) in [6, 6.07) is 0.354. The van der Waals surface area contributed by atoms with Crippen molar-refractivity contribution in [2.24, 2.45) is 0 Å². The second-order valence-corrected chi connectivity index (χ2v) is 6.42. The Morgan fingerprint density at radius 3 is 2.90 bits per heavy atom. The van der Waals surface area contributed by atoms with Gasteiger partial charge < -0.3 is 10.6 Å². The second kappa shape index (κ2) is 7.59. The third kappa shape index (κ3) is 4.76. The molecule has 20 heavy (non-hydrogen) atoms. The largest absolute Gasteiger partial charge is 0.362 e. The van der Waals surface area contributed by atoms with Gasteiger partial charge in [0, 0.05) is 50.2 Å². The number of aromatic nitrogens is 1. The van der Waals surface area contributed by atoms with E-state index in [-0.39, 0.29) is 5.91 Å². The lowest BCUT2D eigenvalue weighted by atomic mass is 10.1. The van der Waals surface area contributed by atoms with Gasteiger partial charge in [0.1, 0.15) is 0 Å². The lowest BCUT2D eigenvalue weighted by Crippen LogP contribution is -2.43. The molecule has 1 fully saturated rings. The van der Waals surface area contributed by atoms with Gasteiger partial charge in [0.25, 0.3) is 0 Å². The van der Waals surface area contributed by atoms with Crippen LogP contribution in [0.15, 0.2) is 6.20 Å². The van der Waals surface area contributed by atoms with Crippen molar-refractivity contribution in [2.75, 3.05) is 25.0 Å². The van der Waals surface area contributed by atoms with Gasteiger partial charge in [0.05, 0.1) is 0 Å². The zero-order chi connectivity index (χ0) is 14.4. The first-order valence-electron chi connectivity index (χ1n) is 7.35. The number of nitrogens with one attached hydrogen (secondary N) is 2. The van der Waals surface area contributed by atoms with E-state index in [1.165, 1.54) is 4.88 Å². The maximum absolute atomic E-state index is 11.0. The number of carbonyl (C=O) groups is 1. The van der Waals surface area contributed by atoms with E-state index in [1.54, 1.807) is 18.3 Å². The van der Waals surface area contributed by atoms with E-state index >= 15 is 0 Å². The van der Waals surface area contributed by atoms with E-state index in [4.69, 9.17) is 0 Å². The van der Waals surface area contributed by atoms with E-state index in [2.05, 4.69) is 27.4 Å². The van der Waals surface area contributed by atoms with Gasteiger partial charge in [-0.05, 0) is 19.3 Å². The highest BCUT2D eigenvalue weighted by molar-refractivity contribution is 7.15. The predicted octanol–water partition coefficient (Wildman–Crippen LogP) is 2.07. The summed E-state index contributed by atoms with van der Waals surface area (Å²) >= 11 is 1.74. The summed E-state index contributed by atoms with van der Waals surface area (Å²) in [4.78, 5) is 19.2. The van der Waals surface area contributed by atoms with Gasteiger partial charge in [-0.3, -0.25) is 9.69 Å². The summed E-state index contributed by atoms with van der Waals surface area (Å²) in [5.41, 5.74) is 0. The molecule has 6 heteroatoms. The summed E-state index contributed by atoms with van der Waals surface area (Å²) in [5, 5.41) is 7.35. The van der Waals surface area contributed by atoms with Crippen molar-refractivity contribution in [2.45, 2.75) is 45.7 Å². The van der Waals surface area contributed by atoms with Crippen LogP contribution < -0.4 is 10.6 Å². The first-order valence-corrected chi connectivity index (χ1v) is 8.17. The van der Waals surface area contributed by atoms with Crippen LogP contribution in [0.25, 0.3) is 0 Å². The minimum atomic E-state index is 0.0811. The van der Waals surface area contributed by atoms with Gasteiger partial charge >= 0.3 is 0 Å². The zero-order valence-electron chi connectivity index (χ0n) is 12.3. The number of amides is 1. The predicted molar refractivity (Wildman–Crippen MR) is 83.0 cm³/mol. The van der Waals surface area contributed by atoms with Gasteiger partial charge in [-0.2, -0.15) is 0 Å². The molecular formula is C14H24N4OS. The molecule has 5 nitrogen and oxygen atoms in total. The molecule has 0 bridgehead atoms. The van der Waals surface area contributed by atoms with Crippen LogP contribution in [0.1, 0.15) is 38.0 Å². The molecule has 112 valence electrons. The lowest BCUT2D eigenvalue weighted by Gasteiger charge is -2.31. The smallest absolute Gasteiger partial charge is 0.217 e. The Balaban J connectivity index is 1.74. The van der Waals surface area contributed by atoms with Crippen molar-refractivity contribution in [1.82, 2.24) is 15.2 Å². The Labute approximate surface area is 124 Å². The highest BCUT2D eigenvalue weighted by atomic mass is 32.1. The minimum Gasteiger partial charge on any atom is -0.362 e. The van der Waals surface area contributed by atoms with Crippen LogP contribution in [0.5, 0.6) is 0 Å². The molecule has 0 atom stereocenters. The molecule has 1 aliphatic rings. The Morgan fingerprint density at radius 1 is 1.50 bits per heavy atom. The molecule has 0 aromatic carbocycles. The van der Waals surface area contributed by atoms with Gasteiger partial charge in [-0.1, -0.05) is 6.92 Å². The van der Waals surface area contributed by atoms with Crippen molar-refractivity contribution in [1.29, 1.82) is 0 Å². The van der Waals surface area contributed by atoms with Crippen LogP contribution in [-0.2, 0) is 11.3 Å². The van der Waals surface area contributed by atoms with E-state index < -0.39 is 0 Å². The van der Waals surface area contributed by atoms with Crippen LogP contribution in [0.4, 0.5) is 5.13 Å². The Bertz CT molecular complexity index is 427. The highest BCUT2D eigenvalue weighted by Gasteiger charge is 2.20. The van der Waals surface area contributed by atoms with Crippen LogP contribution in [0.3, 0.4) is 0 Å². The SMILES string of the molecule is CCCNc1ncc(CN2CCC(NC(C)=O)CC2)s1. The fourth-order valence-electron chi connectivity index (χ4n) is 2.44. The molecule has 1 aliphatic heterocycles. The molecule has 0 aliphatic carbocycles. The average Bonchev–Trinajstić information content (AvgIpc) is 2.86. The van der Waals surface area contributed by atoms with Crippen LogP contribution in [0, 0.1) is 0 Å². The molecule has 0 saturated carbocycles. The summed E-state index contributed by atoms with van der Waals surface area (Å²) in [6.45, 7) is 7.78. The second-order valence-electron chi connectivity index (χ2n) is 5.31. The lowest BCUT2D eigenvalue weighted by molar-refractivity contribution is -0.119. The molecule has 2 N–H and O–H groups in total. The van der Waals surface area contributed by atoms with Gasteiger partial charge in [-0.25, -0.2) is 4.98 Å².